The van der Waals surface area contributed by atoms with Crippen LogP contribution < -0.4 is 22.1 Å². The van der Waals surface area contributed by atoms with Gasteiger partial charge in [-0.3, -0.25) is 9.59 Å². The Labute approximate surface area is 158 Å². The molecule has 1 aliphatic rings. The van der Waals surface area contributed by atoms with Crippen molar-refractivity contribution < 1.29 is 14.7 Å². The molecule has 144 valence electrons. The highest BCUT2D eigenvalue weighted by Crippen LogP contribution is 2.18. The maximum Gasteiger partial charge on any atom is 0.320 e. The number of benzene rings is 2. The van der Waals surface area contributed by atoms with Gasteiger partial charge < -0.3 is 27.2 Å². The van der Waals surface area contributed by atoms with Crippen LogP contribution in [0.1, 0.15) is 12.0 Å². The van der Waals surface area contributed by atoms with Crippen molar-refractivity contribution in [3.05, 3.63) is 60.2 Å². The summed E-state index contributed by atoms with van der Waals surface area (Å²) in [6.07, 6.45) is 0.418. The third kappa shape index (κ3) is 6.49. The number of hydrogen-bond acceptors (Lipinski definition) is 5. The Hall–Kier alpha value is -2.74. The summed E-state index contributed by atoms with van der Waals surface area (Å²) < 4.78 is 0. The lowest BCUT2D eigenvalue weighted by atomic mass is 10.0. The van der Waals surface area contributed by atoms with Crippen LogP contribution in [0, 0.1) is 0 Å². The van der Waals surface area contributed by atoms with Crippen LogP contribution in [0.15, 0.2) is 54.6 Å². The van der Waals surface area contributed by atoms with E-state index in [-0.39, 0.29) is 18.5 Å². The summed E-state index contributed by atoms with van der Waals surface area (Å²) in [6.45, 7) is 1.03. The molecule has 1 fully saturated rings. The van der Waals surface area contributed by atoms with E-state index in [9.17, 15) is 9.59 Å². The molecule has 7 N–H and O–H groups in total. The van der Waals surface area contributed by atoms with Crippen molar-refractivity contribution in [1.29, 1.82) is 0 Å². The van der Waals surface area contributed by atoms with Gasteiger partial charge in [0.1, 0.15) is 6.04 Å². The molecule has 0 unspecified atom stereocenters. The maximum atomic E-state index is 10.8. The molecule has 0 saturated carbocycles. The molecule has 0 radical (unpaired) electrons. The minimum atomic E-state index is -0.885. The largest absolute Gasteiger partial charge is 0.480 e. The molecule has 0 spiro atoms. The lowest BCUT2D eigenvalue weighted by Crippen LogP contribution is -2.39. The lowest BCUT2D eigenvalue weighted by Gasteiger charge is -2.09. The van der Waals surface area contributed by atoms with Gasteiger partial charge in [0.25, 0.3) is 0 Å². The fraction of sp³-hybridized carbons (Fsp3) is 0.300. The molecule has 0 bridgehead atoms. The van der Waals surface area contributed by atoms with E-state index in [1.807, 2.05) is 18.2 Å². The number of carbonyl (C=O) groups is 2. The first-order valence-corrected chi connectivity index (χ1v) is 8.83. The van der Waals surface area contributed by atoms with E-state index in [1.54, 1.807) is 0 Å². The van der Waals surface area contributed by atoms with Crippen molar-refractivity contribution >= 4 is 11.9 Å². The number of rotatable bonds is 5. The number of carbonyl (C=O) groups excluding carboxylic acids is 1. The van der Waals surface area contributed by atoms with Crippen LogP contribution in [0.25, 0.3) is 11.1 Å². The number of hydrogen-bond donors (Lipinski definition) is 5. The van der Waals surface area contributed by atoms with Crippen LogP contribution in [0.2, 0.25) is 0 Å². The van der Waals surface area contributed by atoms with Crippen molar-refractivity contribution in [1.82, 2.24) is 10.6 Å². The van der Waals surface area contributed by atoms with E-state index in [1.165, 1.54) is 16.7 Å². The fourth-order valence-corrected chi connectivity index (χ4v) is 2.78. The second-order valence-electron chi connectivity index (χ2n) is 6.27. The number of aliphatic carboxylic acids is 1. The molecular formula is C20H26N4O3. The Morgan fingerprint density at radius 1 is 1.04 bits per heavy atom. The van der Waals surface area contributed by atoms with E-state index in [0.717, 1.165) is 0 Å². The minimum Gasteiger partial charge on any atom is -0.480 e. The number of nitrogens with one attached hydrogen (secondary N) is 2. The summed E-state index contributed by atoms with van der Waals surface area (Å²) in [7, 11) is 0. The van der Waals surface area contributed by atoms with Gasteiger partial charge in [-0.1, -0.05) is 54.6 Å². The third-order valence-corrected chi connectivity index (χ3v) is 4.28. The first-order chi connectivity index (χ1) is 13.0. The van der Waals surface area contributed by atoms with Gasteiger partial charge in [0.05, 0.1) is 6.54 Å². The zero-order valence-corrected chi connectivity index (χ0v) is 15.1. The van der Waals surface area contributed by atoms with Gasteiger partial charge >= 0.3 is 5.97 Å². The SMILES string of the molecule is NCC(=O)N[C@H]1CN[C@H](C(=O)O)C1.NCc1ccc(-c2ccccc2)cc1. The summed E-state index contributed by atoms with van der Waals surface area (Å²) >= 11 is 0. The van der Waals surface area contributed by atoms with Crippen molar-refractivity contribution in [2.75, 3.05) is 13.1 Å². The van der Waals surface area contributed by atoms with Crippen molar-refractivity contribution in [2.24, 2.45) is 11.5 Å². The van der Waals surface area contributed by atoms with Gasteiger partial charge in [-0.2, -0.15) is 0 Å². The Morgan fingerprint density at radius 2 is 1.67 bits per heavy atom. The summed E-state index contributed by atoms with van der Waals surface area (Å²) in [5.41, 5.74) is 14.3. The minimum absolute atomic E-state index is 0.0613. The Morgan fingerprint density at radius 3 is 2.19 bits per heavy atom. The molecule has 0 aromatic heterocycles. The number of carboxylic acid groups (broad SMARTS) is 1. The van der Waals surface area contributed by atoms with Crippen LogP contribution in [0.3, 0.4) is 0 Å². The predicted molar refractivity (Wildman–Crippen MR) is 105 cm³/mol. The van der Waals surface area contributed by atoms with E-state index in [2.05, 4.69) is 47.0 Å². The summed E-state index contributed by atoms with van der Waals surface area (Å²) in [5, 5.41) is 14.0. The molecule has 2 aromatic carbocycles. The molecule has 1 amide bonds. The summed E-state index contributed by atoms with van der Waals surface area (Å²) in [5.74, 6) is -1.14. The second-order valence-corrected chi connectivity index (χ2v) is 6.27. The Bertz CT molecular complexity index is 735. The summed E-state index contributed by atoms with van der Waals surface area (Å²) in [4.78, 5) is 21.3. The van der Waals surface area contributed by atoms with Crippen LogP contribution >= 0.6 is 0 Å². The quantitative estimate of drug-likeness (QED) is 0.526. The molecule has 2 atom stereocenters. The second kappa shape index (κ2) is 10.4. The van der Waals surface area contributed by atoms with Gasteiger partial charge in [-0.05, 0) is 23.1 Å². The van der Waals surface area contributed by atoms with Gasteiger partial charge in [0.15, 0.2) is 0 Å². The zero-order valence-electron chi connectivity index (χ0n) is 15.1. The monoisotopic (exact) mass is 370 g/mol. The Kier molecular flexibility index (Phi) is 7.94. The molecule has 0 aliphatic carbocycles. The topological polar surface area (TPSA) is 130 Å². The van der Waals surface area contributed by atoms with E-state index >= 15 is 0 Å². The molecule has 2 aromatic rings. The standard InChI is InChI=1S/C13H13N.C7H13N3O3/c14-10-11-6-8-13(9-7-11)12-4-2-1-3-5-12;8-2-6(11)10-4-1-5(7(12)13)9-3-4/h1-9H,10,14H2;4-5,9H,1-3,8H2,(H,10,11)(H,12,13)/t;4-,5+/m.1/s1. The van der Waals surface area contributed by atoms with E-state index < -0.39 is 12.0 Å². The van der Waals surface area contributed by atoms with Gasteiger partial charge in [-0.15, -0.1) is 0 Å². The lowest BCUT2D eigenvalue weighted by molar-refractivity contribution is -0.139. The first kappa shape index (κ1) is 20.6. The molecule has 1 heterocycles. The molecule has 1 aliphatic heterocycles. The molecule has 7 heteroatoms. The maximum absolute atomic E-state index is 10.8. The Balaban J connectivity index is 0.000000194. The molecule has 1 saturated heterocycles. The zero-order chi connectivity index (χ0) is 19.6. The van der Waals surface area contributed by atoms with E-state index in [0.29, 0.717) is 19.5 Å². The number of nitrogens with two attached hydrogens (primary N) is 2. The fourth-order valence-electron chi connectivity index (χ4n) is 2.78. The number of amides is 1. The predicted octanol–water partition coefficient (Wildman–Crippen LogP) is 0.689. The average molecular weight is 370 g/mol. The normalized spacial score (nSPS) is 18.3. The molecular weight excluding hydrogens is 344 g/mol. The van der Waals surface area contributed by atoms with Gasteiger partial charge in [0, 0.05) is 19.1 Å². The highest BCUT2D eigenvalue weighted by atomic mass is 16.4. The van der Waals surface area contributed by atoms with Gasteiger partial charge in [-0.25, -0.2) is 0 Å². The third-order valence-electron chi connectivity index (χ3n) is 4.28. The van der Waals surface area contributed by atoms with Crippen LogP contribution in [0.4, 0.5) is 0 Å². The molecule has 3 rings (SSSR count). The first-order valence-electron chi connectivity index (χ1n) is 8.83. The van der Waals surface area contributed by atoms with Crippen molar-refractivity contribution in [3.8, 4) is 11.1 Å². The molecule has 7 nitrogen and oxygen atoms in total. The van der Waals surface area contributed by atoms with Crippen LogP contribution in [-0.4, -0.2) is 42.2 Å². The molecule has 27 heavy (non-hydrogen) atoms. The summed E-state index contributed by atoms with van der Waals surface area (Å²) in [6, 6.07) is 18.0. The van der Waals surface area contributed by atoms with Gasteiger partial charge in [0.2, 0.25) is 5.91 Å². The highest BCUT2D eigenvalue weighted by molar-refractivity contribution is 5.79. The van der Waals surface area contributed by atoms with Crippen LogP contribution in [0.5, 0.6) is 0 Å². The van der Waals surface area contributed by atoms with Crippen molar-refractivity contribution in [2.45, 2.75) is 25.0 Å². The average Bonchev–Trinajstić information content (AvgIpc) is 3.18. The highest BCUT2D eigenvalue weighted by Gasteiger charge is 2.29. The smallest absolute Gasteiger partial charge is 0.320 e. The van der Waals surface area contributed by atoms with E-state index in [4.69, 9.17) is 16.6 Å². The van der Waals surface area contributed by atoms with Crippen LogP contribution in [-0.2, 0) is 16.1 Å². The van der Waals surface area contributed by atoms with Crippen molar-refractivity contribution in [3.63, 3.8) is 0 Å². The number of carboxylic acids is 1.